The molecule has 0 spiro atoms. The molecule has 0 aliphatic heterocycles. The van der Waals surface area contributed by atoms with Crippen molar-refractivity contribution in [2.45, 2.75) is 33.2 Å². The fraction of sp³-hybridized carbons (Fsp3) is 0.250. The number of carbonyl (C=O) groups is 2. The highest BCUT2D eigenvalue weighted by Crippen LogP contribution is 2.23. The summed E-state index contributed by atoms with van der Waals surface area (Å²) < 4.78 is 10.7. The van der Waals surface area contributed by atoms with E-state index in [0.29, 0.717) is 33.4 Å². The Hall–Kier alpha value is -3.83. The third-order valence-corrected chi connectivity index (χ3v) is 5.37. The van der Waals surface area contributed by atoms with Crippen LogP contribution >= 0.6 is 11.6 Å². The number of ether oxygens (including phenoxy) is 1. The maximum absolute atomic E-state index is 12.1. The Bertz CT molecular complexity index is 1270. The third-order valence-electron chi connectivity index (χ3n) is 5.11. The lowest BCUT2D eigenvalue weighted by Crippen LogP contribution is -2.28. The van der Waals surface area contributed by atoms with E-state index in [-0.39, 0.29) is 24.9 Å². The second kappa shape index (κ2) is 10.7. The van der Waals surface area contributed by atoms with Gasteiger partial charge in [-0.15, -0.1) is 0 Å². The molecule has 0 bridgehead atoms. The molecule has 3 rings (SSSR count). The highest BCUT2D eigenvalue weighted by Gasteiger charge is 2.15. The molecule has 8 nitrogen and oxygen atoms in total. The Labute approximate surface area is 195 Å². The topological polar surface area (TPSA) is 125 Å². The molecule has 1 aromatic carbocycles. The van der Waals surface area contributed by atoms with Crippen LogP contribution in [0, 0.1) is 25.2 Å². The van der Waals surface area contributed by atoms with E-state index >= 15 is 0 Å². The standard InChI is InChI=1S/C24H22ClN3O5/c1-14-19(15(2)28-24(31)20(14)11-26)8-10-23(30)32-13-22(29)27-12-18-7-9-21(33-18)16-3-5-17(25)6-4-16/h3-7,9H,8,10,12-13H2,1-2H3,(H,27,29)(H,28,31). The van der Waals surface area contributed by atoms with E-state index in [1.54, 1.807) is 38.1 Å². The number of aromatic amines is 1. The van der Waals surface area contributed by atoms with Crippen molar-refractivity contribution in [1.82, 2.24) is 10.3 Å². The van der Waals surface area contributed by atoms with Crippen molar-refractivity contribution in [3.05, 3.63) is 79.9 Å². The Balaban J connectivity index is 1.45. The molecule has 2 N–H and O–H groups in total. The molecule has 0 atom stereocenters. The van der Waals surface area contributed by atoms with Gasteiger partial charge in [-0.25, -0.2) is 0 Å². The number of furan rings is 1. The van der Waals surface area contributed by atoms with Gasteiger partial charge in [-0.2, -0.15) is 5.26 Å². The van der Waals surface area contributed by atoms with Crippen LogP contribution in [0.2, 0.25) is 5.02 Å². The zero-order valence-corrected chi connectivity index (χ0v) is 18.9. The van der Waals surface area contributed by atoms with Gasteiger partial charge in [-0.05, 0) is 67.8 Å². The van der Waals surface area contributed by atoms with Gasteiger partial charge in [-0.1, -0.05) is 11.6 Å². The smallest absolute Gasteiger partial charge is 0.306 e. The second-order valence-electron chi connectivity index (χ2n) is 7.38. The minimum Gasteiger partial charge on any atom is -0.459 e. The highest BCUT2D eigenvalue weighted by atomic mass is 35.5. The van der Waals surface area contributed by atoms with Crippen molar-refractivity contribution in [3.8, 4) is 17.4 Å². The summed E-state index contributed by atoms with van der Waals surface area (Å²) in [5, 5.41) is 12.4. The summed E-state index contributed by atoms with van der Waals surface area (Å²) in [6, 6.07) is 12.6. The minimum absolute atomic E-state index is 0.00844. The van der Waals surface area contributed by atoms with Crippen LogP contribution in [0.3, 0.4) is 0 Å². The highest BCUT2D eigenvalue weighted by molar-refractivity contribution is 6.30. The monoisotopic (exact) mass is 467 g/mol. The van der Waals surface area contributed by atoms with Gasteiger partial charge >= 0.3 is 5.97 Å². The Morgan fingerprint density at radius 3 is 2.61 bits per heavy atom. The van der Waals surface area contributed by atoms with E-state index in [1.807, 2.05) is 18.2 Å². The van der Waals surface area contributed by atoms with Crippen LogP contribution in [0.15, 0.2) is 45.6 Å². The zero-order chi connectivity index (χ0) is 24.0. The van der Waals surface area contributed by atoms with Gasteiger partial charge in [-0.3, -0.25) is 14.4 Å². The van der Waals surface area contributed by atoms with E-state index < -0.39 is 24.0 Å². The van der Waals surface area contributed by atoms with Crippen LogP contribution in [0.1, 0.15) is 34.6 Å². The number of aryl methyl sites for hydroxylation is 1. The van der Waals surface area contributed by atoms with Crippen molar-refractivity contribution in [2.24, 2.45) is 0 Å². The van der Waals surface area contributed by atoms with Crippen molar-refractivity contribution in [2.75, 3.05) is 6.61 Å². The van der Waals surface area contributed by atoms with Crippen LogP contribution in [-0.2, 0) is 27.3 Å². The number of hydrogen-bond acceptors (Lipinski definition) is 6. The SMILES string of the molecule is Cc1[nH]c(=O)c(C#N)c(C)c1CCC(=O)OCC(=O)NCc1ccc(-c2ccc(Cl)cc2)o1. The number of pyridine rings is 1. The van der Waals surface area contributed by atoms with E-state index in [2.05, 4.69) is 10.3 Å². The summed E-state index contributed by atoms with van der Waals surface area (Å²) in [5.41, 5.74) is 2.29. The van der Waals surface area contributed by atoms with E-state index in [1.165, 1.54) is 0 Å². The van der Waals surface area contributed by atoms with Crippen LogP contribution in [0.25, 0.3) is 11.3 Å². The number of esters is 1. The molecule has 2 heterocycles. The molecular formula is C24H22ClN3O5. The van der Waals surface area contributed by atoms with E-state index in [4.69, 9.17) is 26.0 Å². The molecule has 0 aliphatic carbocycles. The summed E-state index contributed by atoms with van der Waals surface area (Å²) in [6.07, 6.45) is 0.290. The summed E-state index contributed by atoms with van der Waals surface area (Å²) in [5.74, 6) is 0.180. The second-order valence-corrected chi connectivity index (χ2v) is 7.82. The maximum atomic E-state index is 12.1. The molecule has 0 saturated heterocycles. The van der Waals surface area contributed by atoms with Crippen molar-refractivity contribution in [1.29, 1.82) is 5.26 Å². The average molecular weight is 468 g/mol. The minimum atomic E-state index is -0.559. The first-order valence-corrected chi connectivity index (χ1v) is 10.6. The Morgan fingerprint density at radius 2 is 1.91 bits per heavy atom. The number of H-pyrrole nitrogens is 1. The van der Waals surface area contributed by atoms with Gasteiger partial charge in [0.25, 0.3) is 11.5 Å². The molecule has 2 aromatic heterocycles. The van der Waals surface area contributed by atoms with Crippen molar-refractivity contribution in [3.63, 3.8) is 0 Å². The quantitative estimate of drug-likeness (QED) is 0.488. The molecule has 170 valence electrons. The predicted octanol–water partition coefficient (Wildman–Crippen LogP) is 3.57. The zero-order valence-electron chi connectivity index (χ0n) is 18.2. The van der Waals surface area contributed by atoms with Gasteiger partial charge in [0.05, 0.1) is 6.54 Å². The fourth-order valence-electron chi connectivity index (χ4n) is 3.34. The summed E-state index contributed by atoms with van der Waals surface area (Å²) >= 11 is 5.89. The largest absolute Gasteiger partial charge is 0.459 e. The number of carbonyl (C=O) groups excluding carboxylic acids is 2. The molecule has 3 aromatic rings. The van der Waals surface area contributed by atoms with E-state index in [0.717, 1.165) is 5.56 Å². The van der Waals surface area contributed by atoms with Gasteiger partial charge in [0.2, 0.25) is 0 Å². The fourth-order valence-corrected chi connectivity index (χ4v) is 3.47. The molecule has 0 fully saturated rings. The molecule has 0 radical (unpaired) electrons. The van der Waals surface area contributed by atoms with Crippen molar-refractivity contribution < 1.29 is 18.7 Å². The average Bonchev–Trinajstić information content (AvgIpc) is 3.25. The first kappa shape index (κ1) is 23.8. The van der Waals surface area contributed by atoms with E-state index in [9.17, 15) is 14.4 Å². The number of nitrogens with one attached hydrogen (secondary N) is 2. The predicted molar refractivity (Wildman–Crippen MR) is 122 cm³/mol. The van der Waals surface area contributed by atoms with Gasteiger partial charge in [0, 0.05) is 22.7 Å². The molecular weight excluding hydrogens is 446 g/mol. The van der Waals surface area contributed by atoms with Crippen LogP contribution in [-0.4, -0.2) is 23.5 Å². The third kappa shape index (κ3) is 6.11. The van der Waals surface area contributed by atoms with Crippen molar-refractivity contribution >= 4 is 23.5 Å². The molecule has 0 aliphatic rings. The first-order valence-electron chi connectivity index (χ1n) is 10.2. The Kier molecular flexibility index (Phi) is 7.70. The Morgan fingerprint density at radius 1 is 1.18 bits per heavy atom. The lowest BCUT2D eigenvalue weighted by molar-refractivity contribution is -0.148. The van der Waals surface area contributed by atoms with Crippen LogP contribution < -0.4 is 10.9 Å². The van der Waals surface area contributed by atoms with Crippen LogP contribution in [0.4, 0.5) is 0 Å². The molecule has 9 heteroatoms. The molecule has 0 unspecified atom stereocenters. The molecule has 0 saturated carbocycles. The van der Waals surface area contributed by atoms with Gasteiger partial charge < -0.3 is 19.5 Å². The summed E-state index contributed by atoms with van der Waals surface area (Å²) in [7, 11) is 0. The van der Waals surface area contributed by atoms with Crippen LogP contribution in [0.5, 0.6) is 0 Å². The normalized spacial score (nSPS) is 10.5. The first-order chi connectivity index (χ1) is 15.8. The number of benzene rings is 1. The number of amides is 1. The number of hydrogen-bond donors (Lipinski definition) is 2. The lowest BCUT2D eigenvalue weighted by atomic mass is 9.99. The number of nitrogens with zero attached hydrogens (tertiary/aromatic N) is 1. The number of nitriles is 1. The number of rotatable bonds is 8. The number of halogens is 1. The summed E-state index contributed by atoms with van der Waals surface area (Å²) in [6.45, 7) is 3.10. The molecule has 33 heavy (non-hydrogen) atoms. The molecule has 1 amide bonds. The van der Waals surface area contributed by atoms with Gasteiger partial charge in [0.15, 0.2) is 6.61 Å². The maximum Gasteiger partial charge on any atom is 0.306 e. The van der Waals surface area contributed by atoms with Gasteiger partial charge in [0.1, 0.15) is 23.2 Å². The summed E-state index contributed by atoms with van der Waals surface area (Å²) in [4.78, 5) is 38.5. The number of aromatic nitrogens is 1. The lowest BCUT2D eigenvalue weighted by Gasteiger charge is -2.10.